The number of fused-ring (bicyclic) bond motifs is 1. The van der Waals surface area contributed by atoms with Gasteiger partial charge in [-0.1, -0.05) is 78.9 Å². The zero-order valence-corrected chi connectivity index (χ0v) is 15.8. The quantitative estimate of drug-likeness (QED) is 0.722. The number of amides is 2. The maximum Gasteiger partial charge on any atom is 0.409 e. The fourth-order valence-corrected chi connectivity index (χ4v) is 3.34. The number of benzodiazepines with no additional fused rings is 1. The summed E-state index contributed by atoms with van der Waals surface area (Å²) in [6.07, 6.45) is -0.758. The third-order valence-corrected chi connectivity index (χ3v) is 4.75. The number of para-hydroxylation sites is 1. The number of rotatable bonds is 3. The summed E-state index contributed by atoms with van der Waals surface area (Å²) in [6.45, 7) is 0. The first-order chi connectivity index (χ1) is 14.1. The summed E-state index contributed by atoms with van der Waals surface area (Å²) < 4.78 is 4.81. The molecule has 0 aliphatic carbocycles. The van der Waals surface area contributed by atoms with Crippen molar-refractivity contribution >= 4 is 23.4 Å². The molecule has 0 fully saturated rings. The molecule has 29 heavy (non-hydrogen) atoms. The summed E-state index contributed by atoms with van der Waals surface area (Å²) in [5.41, 5.74) is 1.60. The Bertz CT molecular complexity index is 1080. The van der Waals surface area contributed by atoms with Crippen molar-refractivity contribution in [2.24, 2.45) is 4.99 Å². The van der Waals surface area contributed by atoms with Gasteiger partial charge in [0.05, 0.1) is 18.5 Å². The van der Waals surface area contributed by atoms with Crippen LogP contribution < -0.4 is 10.6 Å². The molecule has 0 spiro atoms. The summed E-state index contributed by atoms with van der Waals surface area (Å²) in [4.78, 5) is 30.5. The van der Waals surface area contributed by atoms with Crippen molar-refractivity contribution < 1.29 is 14.3 Å². The van der Waals surface area contributed by atoms with Gasteiger partial charge in [-0.25, -0.2) is 9.79 Å². The normalized spacial score (nSPS) is 18.0. The minimum atomic E-state index is -1.70. The van der Waals surface area contributed by atoms with E-state index in [1.54, 1.807) is 24.3 Å². The monoisotopic (exact) mass is 385 g/mol. The maximum absolute atomic E-state index is 13.4. The van der Waals surface area contributed by atoms with Crippen molar-refractivity contribution in [3.05, 3.63) is 102 Å². The Morgan fingerprint density at radius 2 is 1.55 bits per heavy atom. The Morgan fingerprint density at radius 3 is 2.24 bits per heavy atom. The molecule has 4 rings (SSSR count). The molecule has 0 aromatic heterocycles. The van der Waals surface area contributed by atoms with Crippen LogP contribution in [-0.2, 0) is 15.2 Å². The minimum Gasteiger partial charge on any atom is -0.453 e. The number of ether oxygens (including phenoxy) is 1. The third-order valence-electron chi connectivity index (χ3n) is 4.75. The molecule has 1 aliphatic heterocycles. The average Bonchev–Trinajstić information content (AvgIpc) is 2.90. The van der Waals surface area contributed by atoms with Gasteiger partial charge in [-0.2, -0.15) is 0 Å². The lowest BCUT2D eigenvalue weighted by atomic mass is 9.97. The number of nitrogens with one attached hydrogen (secondary N) is 2. The predicted octanol–water partition coefficient (Wildman–Crippen LogP) is 3.69. The van der Waals surface area contributed by atoms with Gasteiger partial charge in [-0.05, 0) is 6.07 Å². The van der Waals surface area contributed by atoms with Gasteiger partial charge in [0.15, 0.2) is 0 Å². The molecular weight excluding hydrogens is 366 g/mol. The second-order valence-corrected chi connectivity index (χ2v) is 6.52. The molecule has 0 radical (unpaired) electrons. The Balaban J connectivity index is 2.02. The van der Waals surface area contributed by atoms with Crippen LogP contribution in [0.15, 0.2) is 89.9 Å². The van der Waals surface area contributed by atoms with Gasteiger partial charge in [0.25, 0.3) is 5.91 Å². The predicted molar refractivity (Wildman–Crippen MR) is 111 cm³/mol. The number of anilines is 1. The van der Waals surface area contributed by atoms with Crippen LogP contribution in [0, 0.1) is 0 Å². The SMILES string of the molecule is COC(=O)NC1(c2ccccc2)N=C(c2ccccc2)c2ccccc2NC1=O. The zero-order valence-electron chi connectivity index (χ0n) is 15.8. The van der Waals surface area contributed by atoms with E-state index >= 15 is 0 Å². The third kappa shape index (κ3) is 3.36. The number of alkyl carbamates (subject to hydrolysis) is 1. The Labute approximate surface area is 168 Å². The fraction of sp³-hybridized carbons (Fsp3) is 0.0870. The summed E-state index contributed by atoms with van der Waals surface area (Å²) in [5, 5.41) is 5.58. The van der Waals surface area contributed by atoms with Gasteiger partial charge in [0.1, 0.15) is 0 Å². The van der Waals surface area contributed by atoms with Crippen molar-refractivity contribution in [2.75, 3.05) is 12.4 Å². The molecule has 0 saturated carbocycles. The summed E-state index contributed by atoms with van der Waals surface area (Å²) in [6, 6.07) is 25.9. The first-order valence-electron chi connectivity index (χ1n) is 9.12. The highest BCUT2D eigenvalue weighted by Crippen LogP contribution is 2.33. The van der Waals surface area contributed by atoms with Crippen LogP contribution in [0.5, 0.6) is 0 Å². The smallest absolute Gasteiger partial charge is 0.409 e. The largest absolute Gasteiger partial charge is 0.453 e. The highest BCUT2D eigenvalue weighted by molar-refractivity contribution is 6.20. The molecule has 3 aromatic carbocycles. The number of aliphatic imine (C=N–C) groups is 1. The number of hydrogen-bond donors (Lipinski definition) is 2. The molecule has 144 valence electrons. The van der Waals surface area contributed by atoms with E-state index in [1.807, 2.05) is 60.7 Å². The molecule has 2 amide bonds. The van der Waals surface area contributed by atoms with Gasteiger partial charge in [-0.15, -0.1) is 0 Å². The van der Waals surface area contributed by atoms with Crippen LogP contribution in [-0.4, -0.2) is 24.8 Å². The standard InChI is InChI=1S/C23H19N3O3/c1-29-22(28)26-23(17-12-6-3-7-13-17)21(27)24-19-15-9-8-14-18(19)20(25-23)16-10-4-2-5-11-16/h2-15H,1H3,(H,24,27)(H,26,28). The fourth-order valence-electron chi connectivity index (χ4n) is 3.34. The van der Waals surface area contributed by atoms with Crippen molar-refractivity contribution in [3.63, 3.8) is 0 Å². The Morgan fingerprint density at radius 1 is 0.931 bits per heavy atom. The first-order valence-corrected chi connectivity index (χ1v) is 9.12. The van der Waals surface area contributed by atoms with Gasteiger partial charge in [-0.3, -0.25) is 10.1 Å². The van der Waals surface area contributed by atoms with E-state index in [4.69, 9.17) is 9.73 Å². The van der Waals surface area contributed by atoms with Gasteiger partial charge < -0.3 is 10.1 Å². The minimum absolute atomic E-state index is 0.479. The molecule has 1 unspecified atom stereocenters. The lowest BCUT2D eigenvalue weighted by molar-refractivity contribution is -0.122. The molecule has 1 heterocycles. The average molecular weight is 385 g/mol. The summed E-state index contributed by atoms with van der Waals surface area (Å²) in [7, 11) is 1.25. The molecule has 6 heteroatoms. The molecule has 2 N–H and O–H groups in total. The summed E-state index contributed by atoms with van der Waals surface area (Å²) >= 11 is 0. The van der Waals surface area contributed by atoms with Crippen LogP contribution in [0.1, 0.15) is 16.7 Å². The number of benzene rings is 3. The van der Waals surface area contributed by atoms with E-state index in [9.17, 15) is 9.59 Å². The van der Waals surface area contributed by atoms with Gasteiger partial charge in [0.2, 0.25) is 5.66 Å². The number of carbonyl (C=O) groups excluding carboxylic acids is 2. The van der Waals surface area contributed by atoms with Crippen LogP contribution in [0.4, 0.5) is 10.5 Å². The highest BCUT2D eigenvalue weighted by atomic mass is 16.5. The van der Waals surface area contributed by atoms with Crippen LogP contribution in [0.25, 0.3) is 0 Å². The van der Waals surface area contributed by atoms with E-state index in [0.717, 1.165) is 11.1 Å². The van der Waals surface area contributed by atoms with E-state index in [1.165, 1.54) is 7.11 Å². The van der Waals surface area contributed by atoms with Crippen molar-refractivity contribution in [1.82, 2.24) is 5.32 Å². The first kappa shape index (κ1) is 18.4. The summed E-state index contributed by atoms with van der Waals surface area (Å²) in [5.74, 6) is -0.479. The Kier molecular flexibility index (Phi) is 4.83. The number of carbonyl (C=O) groups is 2. The maximum atomic E-state index is 13.4. The van der Waals surface area contributed by atoms with Crippen molar-refractivity contribution in [1.29, 1.82) is 0 Å². The molecule has 1 aliphatic rings. The van der Waals surface area contributed by atoms with E-state index in [0.29, 0.717) is 17.0 Å². The van der Waals surface area contributed by atoms with E-state index in [2.05, 4.69) is 10.6 Å². The van der Waals surface area contributed by atoms with Gasteiger partial charge >= 0.3 is 6.09 Å². The van der Waals surface area contributed by atoms with Crippen LogP contribution in [0.3, 0.4) is 0 Å². The zero-order chi connectivity index (χ0) is 20.3. The molecule has 0 bridgehead atoms. The van der Waals surface area contributed by atoms with E-state index in [-0.39, 0.29) is 0 Å². The Hall–Kier alpha value is -3.93. The lowest BCUT2D eigenvalue weighted by Crippen LogP contribution is -2.53. The van der Waals surface area contributed by atoms with Gasteiger partial charge in [0, 0.05) is 16.7 Å². The second kappa shape index (κ2) is 7.59. The van der Waals surface area contributed by atoms with Crippen molar-refractivity contribution in [3.8, 4) is 0 Å². The molecule has 6 nitrogen and oxygen atoms in total. The topological polar surface area (TPSA) is 79.8 Å². The van der Waals surface area contributed by atoms with Crippen molar-refractivity contribution in [2.45, 2.75) is 5.66 Å². The van der Waals surface area contributed by atoms with E-state index < -0.39 is 17.7 Å². The lowest BCUT2D eigenvalue weighted by Gasteiger charge is -2.28. The molecule has 3 aromatic rings. The number of nitrogens with zero attached hydrogens (tertiary/aromatic N) is 1. The van der Waals surface area contributed by atoms with Crippen LogP contribution >= 0.6 is 0 Å². The molecular formula is C23H19N3O3. The molecule has 1 atom stereocenters. The number of methoxy groups -OCH3 is 1. The molecule has 0 saturated heterocycles. The van der Waals surface area contributed by atoms with Crippen LogP contribution in [0.2, 0.25) is 0 Å². The number of hydrogen-bond acceptors (Lipinski definition) is 4. The second-order valence-electron chi connectivity index (χ2n) is 6.52. The highest BCUT2D eigenvalue weighted by Gasteiger charge is 2.44.